The van der Waals surface area contributed by atoms with Crippen LogP contribution in [0.2, 0.25) is 0 Å². The number of hydrogen-bond donors (Lipinski definition) is 2. The Morgan fingerprint density at radius 1 is 0.889 bits per heavy atom. The molecule has 4 atom stereocenters. The van der Waals surface area contributed by atoms with E-state index >= 15 is 0 Å². The first kappa shape index (κ1) is 32.3. The standard InChI is InChI=1S/C36H42N4O4S/c1-3-32(37-2)28-17-15-26(16-18-28)23-33(36(42)39-21-9-10-22-39)38-35(41)25-34(29-12-5-4-6-13-29)40(45(43)44)31-20-19-27-11-7-8-14-30(27)24-31/h4-8,11-20,24,32-34,37H,3,9-10,21-23,25H2,1-2H3,(H,38,41)(H,43,44)/p-1. The Morgan fingerprint density at radius 2 is 1.56 bits per heavy atom. The van der Waals surface area contributed by atoms with Crippen molar-refractivity contribution in [2.45, 2.75) is 57.2 Å². The highest BCUT2D eigenvalue weighted by Gasteiger charge is 2.31. The number of carbonyl (C=O) groups excluding carboxylic acids is 2. The third kappa shape index (κ3) is 7.97. The minimum Gasteiger partial charge on any atom is -0.755 e. The van der Waals surface area contributed by atoms with Gasteiger partial charge in [-0.15, -0.1) is 0 Å². The van der Waals surface area contributed by atoms with Crippen molar-refractivity contribution < 1.29 is 18.4 Å². The molecule has 0 aromatic heterocycles. The minimum atomic E-state index is -2.68. The SMILES string of the molecule is CCC(NC)c1ccc(CC(NC(=O)CC(c2ccccc2)N(c2ccc3ccccc3c2)S(=O)[O-])C(=O)N2CCCC2)cc1. The van der Waals surface area contributed by atoms with E-state index in [1.54, 1.807) is 6.07 Å². The normalized spacial score (nSPS) is 15.8. The highest BCUT2D eigenvalue weighted by molar-refractivity contribution is 7.80. The van der Waals surface area contributed by atoms with E-state index in [-0.39, 0.29) is 18.4 Å². The molecule has 4 aromatic rings. The first-order valence-electron chi connectivity index (χ1n) is 15.6. The van der Waals surface area contributed by atoms with E-state index in [0.29, 0.717) is 30.8 Å². The van der Waals surface area contributed by atoms with Crippen LogP contribution in [0.4, 0.5) is 5.69 Å². The van der Waals surface area contributed by atoms with E-state index < -0.39 is 29.3 Å². The molecule has 1 aliphatic rings. The summed E-state index contributed by atoms with van der Waals surface area (Å²) in [4.78, 5) is 29.3. The Morgan fingerprint density at radius 3 is 2.20 bits per heavy atom. The van der Waals surface area contributed by atoms with Crippen LogP contribution in [0.5, 0.6) is 0 Å². The molecule has 2 N–H and O–H groups in total. The predicted molar refractivity (Wildman–Crippen MR) is 179 cm³/mol. The van der Waals surface area contributed by atoms with Gasteiger partial charge < -0.3 is 20.1 Å². The molecular weight excluding hydrogens is 584 g/mol. The Bertz CT molecular complexity index is 1600. The number of hydrogen-bond acceptors (Lipinski definition) is 5. The molecule has 1 aliphatic heterocycles. The van der Waals surface area contributed by atoms with Crippen molar-refractivity contribution in [2.24, 2.45) is 0 Å². The maximum Gasteiger partial charge on any atom is 0.245 e. The van der Waals surface area contributed by atoms with Gasteiger partial charge in [-0.25, -0.2) is 0 Å². The number of anilines is 1. The summed E-state index contributed by atoms with van der Waals surface area (Å²) in [5.74, 6) is -0.503. The third-order valence-electron chi connectivity index (χ3n) is 8.62. The molecule has 0 radical (unpaired) electrons. The average molecular weight is 626 g/mol. The van der Waals surface area contributed by atoms with Crippen LogP contribution in [0.3, 0.4) is 0 Å². The van der Waals surface area contributed by atoms with Crippen molar-refractivity contribution in [1.29, 1.82) is 0 Å². The molecule has 236 valence electrons. The summed E-state index contributed by atoms with van der Waals surface area (Å²) in [5.41, 5.74) is 3.25. The van der Waals surface area contributed by atoms with E-state index in [0.717, 1.165) is 35.6 Å². The number of likely N-dealkylation sites (tertiary alicyclic amines) is 1. The largest absolute Gasteiger partial charge is 0.755 e. The van der Waals surface area contributed by atoms with Gasteiger partial charge >= 0.3 is 0 Å². The van der Waals surface area contributed by atoms with Crippen molar-refractivity contribution >= 4 is 39.5 Å². The summed E-state index contributed by atoms with van der Waals surface area (Å²) in [6.07, 6.45) is 3.02. The number of fused-ring (bicyclic) bond motifs is 1. The van der Waals surface area contributed by atoms with Gasteiger partial charge in [0.15, 0.2) is 0 Å². The summed E-state index contributed by atoms with van der Waals surface area (Å²) >= 11 is -2.68. The summed E-state index contributed by atoms with van der Waals surface area (Å²) in [6.45, 7) is 3.46. The Labute approximate surface area is 268 Å². The summed E-state index contributed by atoms with van der Waals surface area (Å²) in [6, 6.07) is 29.1. The topological polar surface area (TPSA) is 105 Å². The van der Waals surface area contributed by atoms with Crippen molar-refractivity contribution in [3.05, 3.63) is 114 Å². The zero-order chi connectivity index (χ0) is 31.8. The van der Waals surface area contributed by atoms with E-state index in [1.165, 1.54) is 9.87 Å². The maximum absolute atomic E-state index is 13.8. The molecule has 0 saturated carbocycles. The van der Waals surface area contributed by atoms with Crippen LogP contribution in [0, 0.1) is 0 Å². The average Bonchev–Trinajstić information content (AvgIpc) is 3.61. The van der Waals surface area contributed by atoms with E-state index in [4.69, 9.17) is 0 Å². The molecule has 4 aromatic carbocycles. The monoisotopic (exact) mass is 625 g/mol. The van der Waals surface area contributed by atoms with Crippen molar-refractivity contribution in [2.75, 3.05) is 24.4 Å². The first-order chi connectivity index (χ1) is 21.9. The number of amides is 2. The van der Waals surface area contributed by atoms with Crippen molar-refractivity contribution in [1.82, 2.24) is 15.5 Å². The van der Waals surface area contributed by atoms with Gasteiger partial charge in [-0.1, -0.05) is 91.9 Å². The number of carbonyl (C=O) groups is 2. The van der Waals surface area contributed by atoms with Gasteiger partial charge in [-0.05, 0) is 65.9 Å². The van der Waals surface area contributed by atoms with Crippen LogP contribution in [0.1, 0.15) is 61.4 Å². The lowest BCUT2D eigenvalue weighted by Crippen LogP contribution is -2.49. The molecule has 8 nitrogen and oxygen atoms in total. The Hall–Kier alpha value is -4.05. The minimum absolute atomic E-state index is 0.110. The molecule has 2 amide bonds. The molecule has 0 spiro atoms. The number of rotatable bonds is 13. The van der Waals surface area contributed by atoms with E-state index in [9.17, 15) is 18.4 Å². The second kappa shape index (κ2) is 15.3. The predicted octanol–water partition coefficient (Wildman–Crippen LogP) is 5.59. The number of benzene rings is 4. The van der Waals surface area contributed by atoms with Gasteiger partial charge in [0.2, 0.25) is 11.8 Å². The number of nitrogens with one attached hydrogen (secondary N) is 2. The molecule has 0 aliphatic carbocycles. The van der Waals surface area contributed by atoms with Gasteiger partial charge in [-0.3, -0.25) is 18.1 Å². The fourth-order valence-electron chi connectivity index (χ4n) is 6.21. The van der Waals surface area contributed by atoms with Crippen molar-refractivity contribution in [3.8, 4) is 0 Å². The zero-order valence-electron chi connectivity index (χ0n) is 25.9. The Kier molecular flexibility index (Phi) is 11.0. The fraction of sp³-hybridized carbons (Fsp3) is 0.333. The summed E-state index contributed by atoms with van der Waals surface area (Å²) in [5, 5.41) is 8.20. The molecule has 0 bridgehead atoms. The smallest absolute Gasteiger partial charge is 0.245 e. The lowest BCUT2D eigenvalue weighted by Gasteiger charge is -2.35. The maximum atomic E-state index is 13.8. The summed E-state index contributed by atoms with van der Waals surface area (Å²) in [7, 11) is 1.94. The van der Waals surface area contributed by atoms with Crippen LogP contribution in [0.25, 0.3) is 10.8 Å². The molecule has 1 heterocycles. The van der Waals surface area contributed by atoms with Crippen LogP contribution < -0.4 is 14.9 Å². The van der Waals surface area contributed by atoms with Gasteiger partial charge in [0.05, 0.1) is 12.5 Å². The van der Waals surface area contributed by atoms with Gasteiger partial charge in [0.25, 0.3) is 0 Å². The van der Waals surface area contributed by atoms with Crippen LogP contribution in [0.15, 0.2) is 97.1 Å². The molecule has 1 fully saturated rings. The molecule has 1 saturated heterocycles. The Balaban J connectivity index is 1.41. The van der Waals surface area contributed by atoms with Gasteiger partial charge in [0, 0.05) is 42.5 Å². The molecule has 5 rings (SSSR count). The highest BCUT2D eigenvalue weighted by atomic mass is 32.2. The lowest BCUT2D eigenvalue weighted by atomic mass is 9.98. The third-order valence-corrected chi connectivity index (χ3v) is 9.41. The number of nitrogens with zero attached hydrogens (tertiary/aromatic N) is 2. The van der Waals surface area contributed by atoms with Gasteiger partial charge in [0.1, 0.15) is 6.04 Å². The summed E-state index contributed by atoms with van der Waals surface area (Å²) < 4.78 is 26.9. The van der Waals surface area contributed by atoms with Crippen LogP contribution >= 0.6 is 0 Å². The molecule has 45 heavy (non-hydrogen) atoms. The lowest BCUT2D eigenvalue weighted by molar-refractivity contribution is -0.135. The van der Waals surface area contributed by atoms with Crippen LogP contribution in [-0.4, -0.2) is 51.7 Å². The quantitative estimate of drug-likeness (QED) is 0.189. The molecule has 4 unspecified atom stereocenters. The first-order valence-corrected chi connectivity index (χ1v) is 16.7. The second-order valence-electron chi connectivity index (χ2n) is 11.6. The van der Waals surface area contributed by atoms with Gasteiger partial charge in [-0.2, -0.15) is 0 Å². The fourth-order valence-corrected chi connectivity index (χ4v) is 6.90. The second-order valence-corrected chi connectivity index (χ2v) is 12.4. The van der Waals surface area contributed by atoms with Crippen molar-refractivity contribution in [3.63, 3.8) is 0 Å². The zero-order valence-corrected chi connectivity index (χ0v) is 26.7. The molecular formula is C36H41N4O4S-. The molecule has 9 heteroatoms. The van der Waals surface area contributed by atoms with Crippen LogP contribution in [-0.2, 0) is 27.3 Å². The van der Waals surface area contributed by atoms with E-state index in [2.05, 4.69) is 29.7 Å². The highest BCUT2D eigenvalue weighted by Crippen LogP contribution is 2.33. The van der Waals surface area contributed by atoms with E-state index in [1.807, 2.05) is 90.8 Å².